The third-order valence-corrected chi connectivity index (χ3v) is 5.46. The van der Waals surface area contributed by atoms with Gasteiger partial charge in [-0.1, -0.05) is 30.3 Å². The minimum Gasteiger partial charge on any atom is -0.488 e. The highest BCUT2D eigenvalue weighted by atomic mass is 35.5. The molecule has 1 aliphatic heterocycles. The van der Waals surface area contributed by atoms with Gasteiger partial charge < -0.3 is 9.84 Å². The van der Waals surface area contributed by atoms with E-state index >= 15 is 0 Å². The fourth-order valence-corrected chi connectivity index (χ4v) is 3.99. The maximum absolute atomic E-state index is 12.8. The molecule has 0 saturated carbocycles. The Morgan fingerprint density at radius 1 is 1.30 bits per heavy atom. The van der Waals surface area contributed by atoms with E-state index in [1.165, 1.54) is 23.9 Å². The second kappa shape index (κ2) is 9.65. The minimum absolute atomic E-state index is 0.147. The monoisotopic (exact) mass is 442 g/mol. The average molecular weight is 443 g/mol. The van der Waals surface area contributed by atoms with E-state index in [4.69, 9.17) is 21.4 Å². The van der Waals surface area contributed by atoms with Crippen LogP contribution in [0.5, 0.6) is 5.75 Å². The van der Waals surface area contributed by atoms with Crippen molar-refractivity contribution in [3.63, 3.8) is 0 Å². The first kappa shape index (κ1) is 21.7. The summed E-state index contributed by atoms with van der Waals surface area (Å²) in [6.07, 6.45) is 3.39. The molecule has 2 aromatic carbocycles. The number of ether oxygens (including phenoxy) is 1. The summed E-state index contributed by atoms with van der Waals surface area (Å²) in [7, 11) is 0. The van der Waals surface area contributed by atoms with Crippen LogP contribution in [0.25, 0.3) is 6.08 Å². The van der Waals surface area contributed by atoms with Gasteiger partial charge in [0, 0.05) is 6.54 Å². The predicted molar refractivity (Wildman–Crippen MR) is 121 cm³/mol. The zero-order valence-corrected chi connectivity index (χ0v) is 17.7. The van der Waals surface area contributed by atoms with Gasteiger partial charge >= 0.3 is 5.97 Å². The van der Waals surface area contributed by atoms with Gasteiger partial charge in [0.2, 0.25) is 0 Å². The summed E-state index contributed by atoms with van der Waals surface area (Å²) in [6, 6.07) is 11.5. The molecule has 0 aliphatic carbocycles. The lowest BCUT2D eigenvalue weighted by Crippen LogP contribution is -2.28. The van der Waals surface area contributed by atoms with Gasteiger partial charge in [0.15, 0.2) is 5.17 Å². The lowest BCUT2D eigenvalue weighted by atomic mass is 10.2. The largest absolute Gasteiger partial charge is 0.488 e. The Bertz CT molecular complexity index is 1050. The zero-order valence-electron chi connectivity index (χ0n) is 16.2. The molecule has 3 rings (SSSR count). The Morgan fingerprint density at radius 2 is 2.03 bits per heavy atom. The smallest absolute Gasteiger partial charge is 0.335 e. The number of hydrogen-bond donors (Lipinski definition) is 1. The third kappa shape index (κ3) is 4.93. The first-order chi connectivity index (χ1) is 14.4. The van der Waals surface area contributed by atoms with Crippen LogP contribution in [0.3, 0.4) is 0 Å². The van der Waals surface area contributed by atoms with E-state index < -0.39 is 5.97 Å². The molecule has 0 unspecified atom stereocenters. The molecule has 1 aliphatic rings. The van der Waals surface area contributed by atoms with E-state index in [0.29, 0.717) is 39.7 Å². The summed E-state index contributed by atoms with van der Waals surface area (Å²) < 4.78 is 5.47. The number of carbonyl (C=O) groups is 2. The van der Waals surface area contributed by atoms with Crippen molar-refractivity contribution < 1.29 is 19.4 Å². The summed E-state index contributed by atoms with van der Waals surface area (Å²) in [6.45, 7) is 6.29. The first-order valence-corrected chi connectivity index (χ1v) is 10.3. The number of halogens is 1. The molecule has 0 radical (unpaired) electrons. The quantitative estimate of drug-likeness (QED) is 0.469. The van der Waals surface area contributed by atoms with Crippen molar-refractivity contribution in [2.24, 2.45) is 4.99 Å². The second-order valence-electron chi connectivity index (χ2n) is 6.20. The summed E-state index contributed by atoms with van der Waals surface area (Å²) in [5.41, 5.74) is 1.52. The zero-order chi connectivity index (χ0) is 21.7. The molecule has 0 aromatic heterocycles. The number of aromatic carboxylic acids is 1. The Kier molecular flexibility index (Phi) is 6.97. The van der Waals surface area contributed by atoms with Crippen LogP contribution < -0.4 is 4.74 Å². The third-order valence-electron chi connectivity index (χ3n) is 4.15. The first-order valence-electron chi connectivity index (χ1n) is 9.09. The maximum atomic E-state index is 12.8. The van der Waals surface area contributed by atoms with Crippen LogP contribution in [0, 0.1) is 0 Å². The molecule has 0 atom stereocenters. The van der Waals surface area contributed by atoms with Crippen LogP contribution in [-0.2, 0) is 4.79 Å². The van der Waals surface area contributed by atoms with Crippen LogP contribution in [-0.4, -0.2) is 40.2 Å². The molecule has 1 N–H and O–H groups in total. The van der Waals surface area contributed by atoms with Gasteiger partial charge in [-0.2, -0.15) is 0 Å². The van der Waals surface area contributed by atoms with E-state index in [2.05, 4.69) is 11.6 Å². The van der Waals surface area contributed by atoms with Crippen molar-refractivity contribution >= 4 is 52.2 Å². The molecular formula is C22H19ClN2O4S. The van der Waals surface area contributed by atoms with Crippen LogP contribution in [0.2, 0.25) is 5.02 Å². The topological polar surface area (TPSA) is 79.2 Å². The molecule has 8 heteroatoms. The van der Waals surface area contributed by atoms with Gasteiger partial charge in [0.25, 0.3) is 5.91 Å². The van der Waals surface area contributed by atoms with E-state index in [9.17, 15) is 9.59 Å². The highest BCUT2D eigenvalue weighted by Gasteiger charge is 2.32. The fraction of sp³-hybridized carbons (Fsp3) is 0.136. The van der Waals surface area contributed by atoms with Gasteiger partial charge in [-0.15, -0.1) is 0 Å². The van der Waals surface area contributed by atoms with Crippen molar-refractivity contribution in [3.05, 3.63) is 76.2 Å². The molecule has 2 aromatic rings. The normalized spacial score (nSPS) is 16.3. The number of amidine groups is 1. The Balaban J connectivity index is 1.85. The van der Waals surface area contributed by atoms with Gasteiger partial charge in [-0.05, 0) is 66.7 Å². The molecule has 154 valence electrons. The van der Waals surface area contributed by atoms with E-state index in [1.807, 2.05) is 13.0 Å². The molecule has 6 nitrogen and oxygen atoms in total. The van der Waals surface area contributed by atoms with Crippen molar-refractivity contribution in [2.75, 3.05) is 13.2 Å². The SMILES string of the molecule is C=CCOc1ccc(/C=C2\SC(=Nc3ccc(C(=O)O)cc3)N(CC)C2=O)cc1Cl. The fourth-order valence-electron chi connectivity index (χ4n) is 2.68. The molecule has 0 bridgehead atoms. The predicted octanol–water partition coefficient (Wildman–Crippen LogP) is 5.23. The lowest BCUT2D eigenvalue weighted by molar-refractivity contribution is -0.122. The number of nitrogens with zero attached hydrogens (tertiary/aromatic N) is 2. The summed E-state index contributed by atoms with van der Waals surface area (Å²) in [4.78, 5) is 30.4. The molecule has 1 fully saturated rings. The number of carbonyl (C=O) groups excluding carboxylic acids is 1. The van der Waals surface area contributed by atoms with Gasteiger partial charge in [-0.3, -0.25) is 9.69 Å². The Hall–Kier alpha value is -3.03. The molecule has 1 saturated heterocycles. The lowest BCUT2D eigenvalue weighted by Gasteiger charge is -2.12. The van der Waals surface area contributed by atoms with Gasteiger partial charge in [-0.25, -0.2) is 9.79 Å². The Labute approximate surface area is 183 Å². The number of benzene rings is 2. The number of amides is 1. The van der Waals surface area contributed by atoms with Crippen molar-refractivity contribution in [1.82, 2.24) is 4.90 Å². The van der Waals surface area contributed by atoms with E-state index in [-0.39, 0.29) is 11.5 Å². The van der Waals surface area contributed by atoms with E-state index in [1.54, 1.807) is 41.3 Å². The number of likely N-dealkylation sites (N-methyl/N-ethyl adjacent to an activating group) is 1. The average Bonchev–Trinajstić information content (AvgIpc) is 3.01. The van der Waals surface area contributed by atoms with Crippen LogP contribution in [0.15, 0.2) is 65.0 Å². The maximum Gasteiger partial charge on any atom is 0.335 e. The number of carboxylic acid groups (broad SMARTS) is 1. The van der Waals surface area contributed by atoms with Gasteiger partial charge in [0.1, 0.15) is 12.4 Å². The van der Waals surface area contributed by atoms with Crippen molar-refractivity contribution in [1.29, 1.82) is 0 Å². The molecular weight excluding hydrogens is 424 g/mol. The Morgan fingerprint density at radius 3 is 2.63 bits per heavy atom. The molecule has 1 amide bonds. The van der Waals surface area contributed by atoms with Gasteiger partial charge in [0.05, 0.1) is 21.2 Å². The molecule has 1 heterocycles. The summed E-state index contributed by atoms with van der Waals surface area (Å²) in [5, 5.41) is 9.99. The standard InChI is InChI=1S/C22H19ClN2O4S/c1-3-11-29-18-10-5-14(12-17(18)23)13-19-20(26)25(4-2)22(30-19)24-16-8-6-15(7-9-16)21(27)28/h3,5-10,12-13H,1,4,11H2,2H3,(H,27,28)/b19-13-,24-22?. The highest BCUT2D eigenvalue weighted by Crippen LogP contribution is 2.35. The molecule has 30 heavy (non-hydrogen) atoms. The summed E-state index contributed by atoms with van der Waals surface area (Å²) >= 11 is 7.52. The van der Waals surface area contributed by atoms with Crippen molar-refractivity contribution in [2.45, 2.75) is 6.92 Å². The summed E-state index contributed by atoms with van der Waals surface area (Å²) in [5.74, 6) is -0.600. The highest BCUT2D eigenvalue weighted by molar-refractivity contribution is 8.18. The minimum atomic E-state index is -1.00. The van der Waals surface area contributed by atoms with Crippen LogP contribution >= 0.6 is 23.4 Å². The van der Waals surface area contributed by atoms with Crippen LogP contribution in [0.4, 0.5) is 5.69 Å². The molecule has 0 spiro atoms. The van der Waals surface area contributed by atoms with Crippen LogP contribution in [0.1, 0.15) is 22.8 Å². The number of hydrogen-bond acceptors (Lipinski definition) is 5. The number of carboxylic acids is 1. The second-order valence-corrected chi connectivity index (χ2v) is 7.61. The number of rotatable bonds is 7. The number of aliphatic imine (C=N–C) groups is 1. The van der Waals surface area contributed by atoms with Crippen molar-refractivity contribution in [3.8, 4) is 5.75 Å². The number of thioether (sulfide) groups is 1. The van der Waals surface area contributed by atoms with E-state index in [0.717, 1.165) is 5.56 Å².